The first kappa shape index (κ1) is 31.9. The minimum Gasteiger partial charge on any atom is -1.00 e. The molecule has 38 heavy (non-hydrogen) atoms. The van der Waals surface area contributed by atoms with Crippen LogP contribution in [0.3, 0.4) is 0 Å². The van der Waals surface area contributed by atoms with Crippen molar-refractivity contribution >= 4 is 0 Å². The van der Waals surface area contributed by atoms with Gasteiger partial charge in [0, 0.05) is 0 Å². The van der Waals surface area contributed by atoms with Crippen molar-refractivity contribution in [2.24, 2.45) is 10.8 Å². The summed E-state index contributed by atoms with van der Waals surface area (Å²) in [6, 6.07) is 14.8. The Morgan fingerprint density at radius 1 is 0.763 bits per heavy atom. The number of allylic oxidation sites excluding steroid dienone is 4. The van der Waals surface area contributed by atoms with Crippen molar-refractivity contribution in [1.29, 1.82) is 0 Å². The molecule has 0 saturated heterocycles. The van der Waals surface area contributed by atoms with E-state index in [0.29, 0.717) is 5.92 Å². The zero-order valence-corrected chi connectivity index (χ0v) is 29.0. The summed E-state index contributed by atoms with van der Waals surface area (Å²) in [6.45, 7) is 23.8. The number of benzene rings is 2. The maximum absolute atomic E-state index is 2.67. The van der Waals surface area contributed by atoms with Crippen LogP contribution in [-0.2, 0) is 35.5 Å². The second-order valence-corrected chi connectivity index (χ2v) is 16.6. The fourth-order valence-corrected chi connectivity index (χ4v) is 8.60. The molecule has 3 aliphatic carbocycles. The summed E-state index contributed by atoms with van der Waals surface area (Å²) in [7, 11) is 0. The SMILES string of the molecule is CCC1(C2c3cc(C(C)(C)C)ccc3-c3ccc(C(C)(C)C)cc32)C[CH]([Zr+2])C2=C1C=C(C(C)(C)C)C2.[Cl-].[Cl-]. The summed E-state index contributed by atoms with van der Waals surface area (Å²) < 4.78 is 0.743. The smallest absolute Gasteiger partial charge is 1.00 e. The van der Waals surface area contributed by atoms with Gasteiger partial charge >= 0.3 is 237 Å². The zero-order chi connectivity index (χ0) is 26.4. The largest absolute Gasteiger partial charge is 1.00 e. The molecule has 0 N–H and O–H groups in total. The van der Waals surface area contributed by atoms with Gasteiger partial charge in [0.05, 0.1) is 0 Å². The molecule has 3 aliphatic rings. The van der Waals surface area contributed by atoms with Gasteiger partial charge in [-0.15, -0.1) is 0 Å². The van der Waals surface area contributed by atoms with Crippen molar-refractivity contribution in [1.82, 2.24) is 0 Å². The van der Waals surface area contributed by atoms with E-state index in [1.165, 1.54) is 41.5 Å². The molecule has 0 heterocycles. The summed E-state index contributed by atoms with van der Waals surface area (Å²) >= 11 is 1.69. The van der Waals surface area contributed by atoms with E-state index in [0.717, 1.165) is 3.63 Å². The van der Waals surface area contributed by atoms with E-state index in [1.807, 2.05) is 0 Å². The molecule has 5 rings (SSSR count). The van der Waals surface area contributed by atoms with E-state index in [2.05, 4.69) is 112 Å². The Kier molecular flexibility index (Phi) is 8.68. The van der Waals surface area contributed by atoms with E-state index in [-0.39, 0.29) is 46.5 Å². The first-order chi connectivity index (χ1) is 16.6. The average molecular weight is 628 g/mol. The van der Waals surface area contributed by atoms with E-state index < -0.39 is 0 Å². The molecule has 0 spiro atoms. The number of hydrogen-bond acceptors (Lipinski definition) is 0. The molecule has 203 valence electrons. The van der Waals surface area contributed by atoms with Gasteiger partial charge in [-0.2, -0.15) is 0 Å². The summed E-state index contributed by atoms with van der Waals surface area (Å²) in [5.41, 5.74) is 14.9. The van der Waals surface area contributed by atoms with Gasteiger partial charge in [-0.3, -0.25) is 0 Å². The molecule has 2 unspecified atom stereocenters. The van der Waals surface area contributed by atoms with Crippen LogP contribution in [0.2, 0.25) is 3.63 Å². The van der Waals surface area contributed by atoms with Gasteiger partial charge in [0.2, 0.25) is 0 Å². The Bertz CT molecular complexity index is 1230. The van der Waals surface area contributed by atoms with E-state index in [9.17, 15) is 0 Å². The summed E-state index contributed by atoms with van der Waals surface area (Å²) in [5.74, 6) is 0.433. The predicted octanol–water partition coefficient (Wildman–Crippen LogP) is 4.21. The minimum atomic E-state index is 0. The Morgan fingerprint density at radius 3 is 1.63 bits per heavy atom. The monoisotopic (exact) mass is 625 g/mol. The molecular weight excluding hydrogens is 583 g/mol. The second-order valence-electron chi connectivity index (χ2n) is 14.8. The number of hydrogen-bond donors (Lipinski definition) is 0. The Labute approximate surface area is 260 Å². The second kappa shape index (κ2) is 10.3. The summed E-state index contributed by atoms with van der Waals surface area (Å²) in [6.07, 6.45) is 6.38. The van der Waals surface area contributed by atoms with Crippen LogP contribution in [0.4, 0.5) is 0 Å². The van der Waals surface area contributed by atoms with E-state index >= 15 is 0 Å². The summed E-state index contributed by atoms with van der Waals surface area (Å²) in [5, 5.41) is 0. The molecule has 0 fully saturated rings. The number of halogens is 2. The van der Waals surface area contributed by atoms with Gasteiger partial charge in [0.25, 0.3) is 0 Å². The number of fused-ring (bicyclic) bond motifs is 3. The van der Waals surface area contributed by atoms with E-state index in [1.54, 1.807) is 52.6 Å². The van der Waals surface area contributed by atoms with Gasteiger partial charge in [0.15, 0.2) is 0 Å². The van der Waals surface area contributed by atoms with Crippen LogP contribution in [0.15, 0.2) is 59.2 Å². The van der Waals surface area contributed by atoms with Crippen LogP contribution in [0, 0.1) is 10.8 Å². The molecule has 0 aromatic heterocycles. The van der Waals surface area contributed by atoms with Crippen molar-refractivity contribution in [3.63, 3.8) is 0 Å². The molecule has 0 saturated carbocycles. The van der Waals surface area contributed by atoms with Gasteiger partial charge < -0.3 is 24.8 Å². The van der Waals surface area contributed by atoms with Crippen molar-refractivity contribution in [2.75, 3.05) is 0 Å². The van der Waals surface area contributed by atoms with Crippen LogP contribution in [0.25, 0.3) is 11.1 Å². The summed E-state index contributed by atoms with van der Waals surface area (Å²) in [4.78, 5) is 0. The van der Waals surface area contributed by atoms with Crippen molar-refractivity contribution in [3.8, 4) is 11.1 Å². The van der Waals surface area contributed by atoms with Crippen LogP contribution in [-0.4, -0.2) is 0 Å². The van der Waals surface area contributed by atoms with Crippen LogP contribution in [0.1, 0.15) is 117 Å². The Hall–Kier alpha value is -0.617. The first-order valence-corrected chi connectivity index (χ1v) is 15.4. The maximum Gasteiger partial charge on any atom is -1.00 e. The molecule has 2 atom stereocenters. The molecule has 2 aromatic carbocycles. The molecule has 3 heteroatoms. The van der Waals surface area contributed by atoms with Crippen LogP contribution < -0.4 is 24.8 Å². The predicted molar refractivity (Wildman–Crippen MR) is 151 cm³/mol. The van der Waals surface area contributed by atoms with Gasteiger partial charge in [-0.05, 0) is 0 Å². The quantitative estimate of drug-likeness (QED) is 0.468. The minimum absolute atomic E-state index is 0. The third kappa shape index (κ3) is 5.01. The fraction of sp³-hybridized carbons (Fsp3) is 0.543. The van der Waals surface area contributed by atoms with Crippen molar-refractivity contribution in [3.05, 3.63) is 81.4 Å². The molecule has 0 radical (unpaired) electrons. The van der Waals surface area contributed by atoms with E-state index in [4.69, 9.17) is 0 Å². The average Bonchev–Trinajstić information content (AvgIpc) is 3.42. The van der Waals surface area contributed by atoms with Crippen LogP contribution in [0.5, 0.6) is 0 Å². The normalized spacial score (nSPS) is 22.9. The van der Waals surface area contributed by atoms with Crippen LogP contribution >= 0.6 is 0 Å². The third-order valence-electron chi connectivity index (χ3n) is 9.47. The Balaban J connectivity index is 0.00000200. The number of rotatable bonds is 2. The van der Waals surface area contributed by atoms with Crippen molar-refractivity contribution < 1.29 is 49.5 Å². The van der Waals surface area contributed by atoms with Gasteiger partial charge in [0.1, 0.15) is 0 Å². The fourth-order valence-electron chi connectivity index (χ4n) is 7.07. The van der Waals surface area contributed by atoms with Crippen molar-refractivity contribution in [2.45, 2.75) is 109 Å². The first-order valence-electron chi connectivity index (χ1n) is 14.0. The topological polar surface area (TPSA) is 0 Å². The molecule has 0 nitrogen and oxygen atoms in total. The maximum atomic E-state index is 2.67. The van der Waals surface area contributed by atoms with Gasteiger partial charge in [-0.1, -0.05) is 0 Å². The molecule has 2 aromatic rings. The molecule has 0 bridgehead atoms. The van der Waals surface area contributed by atoms with Gasteiger partial charge in [-0.25, -0.2) is 0 Å². The third-order valence-corrected chi connectivity index (χ3v) is 10.8. The Morgan fingerprint density at radius 2 is 1.24 bits per heavy atom. The standard InChI is InChI=1S/C35H45.2ClH.Zr/c1-11-35(17-16-22-18-25(21-30(22)35)34(8,9)10)31-28-19-23(32(2,3)4)12-14-26(28)27-15-13-24(20-29(27)31)33(5,6)7;;;/h12-16,19-21,31H,11,17-18H2,1-10H3;2*1H;/q;;;+2/p-2. The zero-order valence-electron chi connectivity index (χ0n) is 25.1. The molecule has 0 amide bonds. The molecular formula is C35H45Cl2Zr. The molecule has 0 aliphatic heterocycles.